The largest absolute Gasteiger partial charge is 0.398 e. The Morgan fingerprint density at radius 3 is 1.22 bits per heavy atom. The fourth-order valence-corrected chi connectivity index (χ4v) is 7.48. The fourth-order valence-electron chi connectivity index (χ4n) is 3.08. The van der Waals surface area contributed by atoms with Crippen molar-refractivity contribution >= 4 is 17.1 Å². The molecule has 0 aliphatic rings. The van der Waals surface area contributed by atoms with E-state index in [-0.39, 0.29) is 0 Å². The van der Waals surface area contributed by atoms with Gasteiger partial charge in [0.1, 0.15) is 0 Å². The second-order valence-corrected chi connectivity index (χ2v) is 13.7. The van der Waals surface area contributed by atoms with E-state index in [1.165, 1.54) is 0 Å². The molecule has 0 aromatic rings. The van der Waals surface area contributed by atoms with Crippen LogP contribution in [0, 0.1) is 0 Å². The van der Waals surface area contributed by atoms with Crippen molar-refractivity contribution in [3.05, 3.63) is 0 Å². The third kappa shape index (κ3) is 7.77. The first-order valence-electron chi connectivity index (χ1n) is 8.93. The molecule has 5 nitrogen and oxygen atoms in total. The summed E-state index contributed by atoms with van der Waals surface area (Å²) in [6.07, 6.45) is 2.28. The van der Waals surface area contributed by atoms with Crippen molar-refractivity contribution in [3.8, 4) is 0 Å². The molecule has 0 saturated heterocycles. The van der Waals surface area contributed by atoms with Crippen LogP contribution < -0.4 is 0 Å². The van der Waals surface area contributed by atoms with E-state index < -0.39 is 17.1 Å². The van der Waals surface area contributed by atoms with Crippen molar-refractivity contribution in [1.29, 1.82) is 0 Å². The molecule has 0 aliphatic heterocycles. The van der Waals surface area contributed by atoms with Crippen molar-refractivity contribution in [3.63, 3.8) is 0 Å². The van der Waals surface area contributed by atoms with E-state index in [9.17, 15) is 0 Å². The molecule has 0 aliphatic carbocycles. The van der Waals surface area contributed by atoms with Crippen molar-refractivity contribution in [2.75, 3.05) is 48.1 Å². The van der Waals surface area contributed by atoms with E-state index in [1.807, 2.05) is 0 Å². The Labute approximate surface area is 146 Å². The first-order chi connectivity index (χ1) is 11.0. The van der Waals surface area contributed by atoms with Crippen LogP contribution in [0.4, 0.5) is 0 Å². The molecular formula is C16H39NO4Si2. The molecule has 0 rings (SSSR count). The van der Waals surface area contributed by atoms with E-state index in [1.54, 1.807) is 28.4 Å². The third-order valence-corrected chi connectivity index (χ3v) is 12.4. The van der Waals surface area contributed by atoms with Crippen molar-refractivity contribution in [1.82, 2.24) is 4.90 Å². The zero-order valence-electron chi connectivity index (χ0n) is 16.4. The number of hydrogen-bond donors (Lipinski definition) is 0. The average molecular weight is 366 g/mol. The van der Waals surface area contributed by atoms with Crippen LogP contribution in [0.25, 0.3) is 0 Å². The van der Waals surface area contributed by atoms with Crippen LogP contribution in [0.3, 0.4) is 0 Å². The van der Waals surface area contributed by atoms with Crippen molar-refractivity contribution in [2.24, 2.45) is 0 Å². The zero-order chi connectivity index (χ0) is 17.8. The Morgan fingerprint density at radius 1 is 0.652 bits per heavy atom. The summed E-state index contributed by atoms with van der Waals surface area (Å²) in [6.45, 7) is 9.87. The van der Waals surface area contributed by atoms with Gasteiger partial charge in [0, 0.05) is 28.4 Å². The Balaban J connectivity index is 4.22. The molecule has 0 amide bonds. The Hall–Kier alpha value is 0.234. The minimum atomic E-state index is -1.94. The number of nitrogens with zero attached hydrogens (tertiary/aromatic N) is 1. The van der Waals surface area contributed by atoms with Gasteiger partial charge in [-0.2, -0.15) is 0 Å². The summed E-state index contributed by atoms with van der Waals surface area (Å²) in [4.78, 5) is 2.51. The molecule has 0 aromatic heterocycles. The van der Waals surface area contributed by atoms with E-state index in [0.717, 1.165) is 56.7 Å². The Morgan fingerprint density at radius 2 is 1.00 bits per heavy atom. The minimum absolute atomic E-state index is 1.01. The van der Waals surface area contributed by atoms with Crippen molar-refractivity contribution in [2.45, 2.75) is 57.8 Å². The van der Waals surface area contributed by atoms with Gasteiger partial charge in [-0.25, -0.2) is 0 Å². The second kappa shape index (κ2) is 12.6. The van der Waals surface area contributed by atoms with Crippen LogP contribution in [-0.2, 0) is 17.7 Å². The van der Waals surface area contributed by atoms with Gasteiger partial charge in [-0.1, -0.05) is 20.8 Å². The quantitative estimate of drug-likeness (QED) is 0.415. The van der Waals surface area contributed by atoms with E-state index in [2.05, 4.69) is 25.7 Å². The molecule has 7 heteroatoms. The highest BCUT2D eigenvalue weighted by molar-refractivity contribution is 6.67. The summed E-state index contributed by atoms with van der Waals surface area (Å²) < 4.78 is 22.8. The van der Waals surface area contributed by atoms with Gasteiger partial charge in [-0.15, -0.1) is 0 Å². The molecule has 0 radical (unpaired) electrons. The SMILES string of the molecule is CCN(CCC[Si](CC)(OC)OC)CCC[Si](CC)(OC)OC. The van der Waals surface area contributed by atoms with Crippen LogP contribution in [0.5, 0.6) is 0 Å². The van der Waals surface area contributed by atoms with E-state index in [4.69, 9.17) is 17.7 Å². The maximum absolute atomic E-state index is 5.69. The Kier molecular flexibility index (Phi) is 12.7. The van der Waals surface area contributed by atoms with Gasteiger partial charge in [-0.3, -0.25) is 0 Å². The standard InChI is InChI=1S/C16H39NO4Si2/c1-8-17(13-11-15-22(9-2,18-4)19-5)14-12-16-23(10-3,20-6)21-7/h8-16H2,1-7H3. The zero-order valence-corrected chi connectivity index (χ0v) is 18.4. The van der Waals surface area contributed by atoms with Gasteiger partial charge < -0.3 is 22.6 Å². The minimum Gasteiger partial charge on any atom is -0.398 e. The lowest BCUT2D eigenvalue weighted by molar-refractivity contribution is 0.228. The smallest absolute Gasteiger partial charge is 0.337 e. The highest BCUT2D eigenvalue weighted by atomic mass is 28.4. The van der Waals surface area contributed by atoms with Gasteiger partial charge >= 0.3 is 17.1 Å². The monoisotopic (exact) mass is 365 g/mol. The van der Waals surface area contributed by atoms with Gasteiger partial charge in [0.05, 0.1) is 0 Å². The highest BCUT2D eigenvalue weighted by Gasteiger charge is 2.33. The van der Waals surface area contributed by atoms with Gasteiger partial charge in [0.15, 0.2) is 0 Å². The van der Waals surface area contributed by atoms with E-state index >= 15 is 0 Å². The van der Waals surface area contributed by atoms with Gasteiger partial charge in [0.2, 0.25) is 0 Å². The van der Waals surface area contributed by atoms with Crippen LogP contribution in [0.1, 0.15) is 33.6 Å². The van der Waals surface area contributed by atoms with Crippen LogP contribution >= 0.6 is 0 Å². The molecule has 0 saturated carbocycles. The molecule has 0 aromatic carbocycles. The summed E-state index contributed by atoms with van der Waals surface area (Å²) in [5, 5.41) is 0. The first-order valence-corrected chi connectivity index (χ1v) is 13.4. The first kappa shape index (κ1) is 23.2. The summed E-state index contributed by atoms with van der Waals surface area (Å²) >= 11 is 0. The molecule has 0 spiro atoms. The maximum Gasteiger partial charge on any atom is 0.337 e. The van der Waals surface area contributed by atoms with Crippen LogP contribution in [0.2, 0.25) is 24.2 Å². The number of hydrogen-bond acceptors (Lipinski definition) is 5. The lowest BCUT2D eigenvalue weighted by atomic mass is 10.3. The summed E-state index contributed by atoms with van der Waals surface area (Å²) in [5.41, 5.74) is 0. The number of rotatable bonds is 15. The molecule has 23 heavy (non-hydrogen) atoms. The summed E-state index contributed by atoms with van der Waals surface area (Å²) in [5.74, 6) is 0. The summed E-state index contributed by atoms with van der Waals surface area (Å²) in [6, 6.07) is 4.16. The molecule has 0 atom stereocenters. The fraction of sp³-hybridized carbons (Fsp3) is 1.00. The molecule has 0 bridgehead atoms. The second-order valence-electron chi connectivity index (χ2n) is 5.99. The van der Waals surface area contributed by atoms with Gasteiger partial charge in [0.25, 0.3) is 0 Å². The van der Waals surface area contributed by atoms with E-state index in [0.29, 0.717) is 0 Å². The van der Waals surface area contributed by atoms with Crippen LogP contribution in [0.15, 0.2) is 0 Å². The van der Waals surface area contributed by atoms with Crippen LogP contribution in [-0.4, -0.2) is 70.1 Å². The predicted octanol–water partition coefficient (Wildman–Crippen LogP) is 3.60. The molecule has 0 unspecified atom stereocenters. The molecule has 0 heterocycles. The normalized spacial score (nSPS) is 13.0. The predicted molar refractivity (Wildman–Crippen MR) is 101 cm³/mol. The third-order valence-electron chi connectivity index (χ3n) is 5.08. The highest BCUT2D eigenvalue weighted by Crippen LogP contribution is 2.21. The lowest BCUT2D eigenvalue weighted by Crippen LogP contribution is -2.41. The average Bonchev–Trinajstić information content (AvgIpc) is 2.61. The summed E-state index contributed by atoms with van der Waals surface area (Å²) in [7, 11) is 3.30. The molecule has 140 valence electrons. The maximum atomic E-state index is 5.69. The molecule has 0 fully saturated rings. The van der Waals surface area contributed by atoms with Gasteiger partial charge in [-0.05, 0) is 56.7 Å². The van der Waals surface area contributed by atoms with Crippen molar-refractivity contribution < 1.29 is 17.7 Å². The molecule has 0 N–H and O–H groups in total. The lowest BCUT2D eigenvalue weighted by Gasteiger charge is -2.29. The Bertz CT molecular complexity index is 245. The molecular weight excluding hydrogens is 326 g/mol. The topological polar surface area (TPSA) is 40.2 Å².